The van der Waals surface area contributed by atoms with Gasteiger partial charge in [0.25, 0.3) is 0 Å². The third-order valence-electron chi connectivity index (χ3n) is 12.2. The summed E-state index contributed by atoms with van der Waals surface area (Å²) in [6.07, 6.45) is 10.7. The third-order valence-corrected chi connectivity index (χ3v) is 13.3. The van der Waals surface area contributed by atoms with Gasteiger partial charge in [-0.3, -0.25) is 0 Å². The number of unbranched alkanes of at least 4 members (excludes halogenated alkanes) is 6. The van der Waals surface area contributed by atoms with Crippen LogP contribution in [-0.2, 0) is 4.74 Å². The first kappa shape index (κ1) is 33.3. The first-order chi connectivity index (χ1) is 20.4. The molecule has 0 saturated heterocycles. The van der Waals surface area contributed by atoms with Crippen molar-refractivity contribution >= 4 is 11.8 Å². The Labute approximate surface area is 259 Å². The molecule has 0 amide bonds. The number of rotatable bonds is 15. The first-order valence-corrected chi connectivity index (χ1v) is 18.0. The van der Waals surface area contributed by atoms with Crippen LogP contribution in [0.25, 0.3) is 0 Å². The summed E-state index contributed by atoms with van der Waals surface area (Å²) in [7, 11) is 1.85. The van der Waals surface area contributed by atoms with E-state index in [4.69, 9.17) is 4.74 Å². The number of phenols is 1. The van der Waals surface area contributed by atoms with Crippen molar-refractivity contribution in [2.24, 2.45) is 28.6 Å². The molecule has 4 aliphatic carbocycles. The van der Waals surface area contributed by atoms with Crippen molar-refractivity contribution in [1.82, 2.24) is 0 Å². The summed E-state index contributed by atoms with van der Waals surface area (Å²) in [6, 6.07) is 6.01. The van der Waals surface area contributed by atoms with E-state index in [9.17, 15) is 27.1 Å². The van der Waals surface area contributed by atoms with Gasteiger partial charge in [-0.15, -0.1) is 0 Å². The quantitative estimate of drug-likeness (QED) is 0.154. The van der Waals surface area contributed by atoms with Gasteiger partial charge >= 0.3 is 12.1 Å². The van der Waals surface area contributed by atoms with Crippen molar-refractivity contribution in [2.75, 3.05) is 18.6 Å². The molecule has 8 heteroatoms. The minimum atomic E-state index is -5.44. The van der Waals surface area contributed by atoms with Gasteiger partial charge in [-0.1, -0.05) is 51.5 Å². The largest absolute Gasteiger partial charge is 0.508 e. The number of ether oxygens (including phenoxy) is 1. The molecule has 3 saturated carbocycles. The molecule has 1 N–H and O–H groups in total. The SMILES string of the molecule is CO[C@@H]1c2cc(O)ccc2C2CC[C@@]3(C)C(CCC34CC4)C2[C@@H]1CCCCCCCCCSCCCC(F)(F)C(F)(F)F. The number of thioether (sulfide) groups is 1. The second-order valence-electron chi connectivity index (χ2n) is 14.4. The van der Waals surface area contributed by atoms with Crippen LogP contribution >= 0.6 is 11.8 Å². The summed E-state index contributed by atoms with van der Waals surface area (Å²) in [5.41, 5.74) is 3.70. The van der Waals surface area contributed by atoms with Gasteiger partial charge in [0.05, 0.1) is 6.10 Å². The molecular weight excluding hydrogens is 579 g/mol. The van der Waals surface area contributed by atoms with Crippen LogP contribution in [0.2, 0.25) is 0 Å². The van der Waals surface area contributed by atoms with Gasteiger partial charge in [0.2, 0.25) is 0 Å². The monoisotopic (exact) mass is 630 g/mol. The summed E-state index contributed by atoms with van der Waals surface area (Å²) in [5.74, 6) is -0.611. The van der Waals surface area contributed by atoms with Crippen LogP contribution in [0, 0.1) is 28.6 Å². The zero-order chi connectivity index (χ0) is 30.9. The third kappa shape index (κ3) is 6.76. The van der Waals surface area contributed by atoms with E-state index in [1.165, 1.54) is 93.5 Å². The van der Waals surface area contributed by atoms with E-state index < -0.39 is 18.5 Å². The van der Waals surface area contributed by atoms with Crippen LogP contribution in [-0.4, -0.2) is 35.8 Å². The molecule has 0 heterocycles. The fourth-order valence-electron chi connectivity index (χ4n) is 9.69. The number of alkyl halides is 5. The molecule has 2 nitrogen and oxygen atoms in total. The van der Waals surface area contributed by atoms with Crippen LogP contribution in [0.1, 0.15) is 133 Å². The summed E-state index contributed by atoms with van der Waals surface area (Å²) < 4.78 is 68.9. The van der Waals surface area contributed by atoms with Gasteiger partial charge in [0, 0.05) is 13.5 Å². The van der Waals surface area contributed by atoms with Gasteiger partial charge < -0.3 is 9.84 Å². The summed E-state index contributed by atoms with van der Waals surface area (Å²) in [5, 5.41) is 10.4. The highest BCUT2D eigenvalue weighted by molar-refractivity contribution is 7.99. The molecule has 0 aromatic heterocycles. The fourth-order valence-corrected chi connectivity index (χ4v) is 10.7. The lowest BCUT2D eigenvalue weighted by Crippen LogP contribution is -2.47. The molecule has 3 unspecified atom stereocenters. The predicted octanol–water partition coefficient (Wildman–Crippen LogP) is 11.2. The van der Waals surface area contributed by atoms with Crippen LogP contribution in [0.5, 0.6) is 5.75 Å². The lowest BCUT2D eigenvalue weighted by atomic mass is 9.50. The van der Waals surface area contributed by atoms with Crippen molar-refractivity contribution < 1.29 is 31.8 Å². The fraction of sp³-hybridized carbons (Fsp3) is 0.829. The van der Waals surface area contributed by atoms with E-state index in [0.29, 0.717) is 40.1 Å². The van der Waals surface area contributed by atoms with E-state index in [-0.39, 0.29) is 12.5 Å². The number of halogens is 5. The van der Waals surface area contributed by atoms with E-state index in [1.54, 1.807) is 0 Å². The normalized spacial score (nSPS) is 31.1. The van der Waals surface area contributed by atoms with Gasteiger partial charge in [-0.05, 0) is 127 Å². The Morgan fingerprint density at radius 2 is 1.53 bits per heavy atom. The zero-order valence-corrected chi connectivity index (χ0v) is 26.8. The van der Waals surface area contributed by atoms with E-state index in [0.717, 1.165) is 30.9 Å². The first-order valence-electron chi connectivity index (χ1n) is 16.8. The highest BCUT2D eigenvalue weighted by Crippen LogP contribution is 2.77. The molecule has 1 aromatic carbocycles. The Bertz CT molecular complexity index is 1070. The maximum absolute atomic E-state index is 13.0. The van der Waals surface area contributed by atoms with E-state index in [2.05, 4.69) is 13.0 Å². The van der Waals surface area contributed by atoms with Gasteiger partial charge in [0.1, 0.15) is 5.75 Å². The molecule has 43 heavy (non-hydrogen) atoms. The molecule has 0 radical (unpaired) electrons. The molecule has 4 aliphatic rings. The van der Waals surface area contributed by atoms with Crippen LogP contribution in [0.4, 0.5) is 22.0 Å². The van der Waals surface area contributed by atoms with Crippen LogP contribution in [0.3, 0.4) is 0 Å². The highest BCUT2D eigenvalue weighted by Gasteiger charge is 2.67. The average Bonchev–Trinajstić information content (AvgIpc) is 3.69. The predicted molar refractivity (Wildman–Crippen MR) is 164 cm³/mol. The zero-order valence-electron chi connectivity index (χ0n) is 26.0. The molecule has 1 spiro atoms. The average molecular weight is 631 g/mol. The van der Waals surface area contributed by atoms with Gasteiger partial charge in [-0.2, -0.15) is 33.7 Å². The highest BCUT2D eigenvalue weighted by atomic mass is 32.2. The molecule has 1 aromatic rings. The Hall–Kier alpha value is -1.02. The van der Waals surface area contributed by atoms with Crippen molar-refractivity contribution in [3.05, 3.63) is 29.3 Å². The Balaban J connectivity index is 1.06. The van der Waals surface area contributed by atoms with Gasteiger partial charge in [-0.25, -0.2) is 0 Å². The number of aromatic hydroxyl groups is 1. The van der Waals surface area contributed by atoms with Crippen molar-refractivity contribution in [3.63, 3.8) is 0 Å². The minimum Gasteiger partial charge on any atom is -0.508 e. The van der Waals surface area contributed by atoms with Crippen LogP contribution < -0.4 is 0 Å². The Kier molecular flexibility index (Phi) is 10.4. The molecule has 5 rings (SSSR count). The molecule has 0 bridgehead atoms. The number of phenolic OH excluding ortho intramolecular Hbond substituents is 1. The van der Waals surface area contributed by atoms with Crippen molar-refractivity contribution in [1.29, 1.82) is 0 Å². The maximum Gasteiger partial charge on any atom is 0.453 e. The van der Waals surface area contributed by atoms with Crippen molar-refractivity contribution in [2.45, 2.75) is 134 Å². The standard InChI is InChI=1S/C35H51F5O2S/c1-32-17-14-26-25-13-12-24(41)23-28(25)31(42-2)27(30(26)29(32)15-18-33(32)19-20-33)11-8-6-4-3-5-7-9-21-43-22-10-16-34(36,37)35(38,39)40/h12-13,23,26-27,29-31,41H,3-11,14-22H2,1-2H3/t26?,27-,29?,30?,31-,32-/m0/s1. The van der Waals surface area contributed by atoms with Gasteiger partial charge in [0.15, 0.2) is 0 Å². The molecule has 244 valence electrons. The Morgan fingerprint density at radius 3 is 2.21 bits per heavy atom. The summed E-state index contributed by atoms with van der Waals surface area (Å²) in [4.78, 5) is 0. The number of hydrogen-bond donors (Lipinski definition) is 1. The molecule has 0 aliphatic heterocycles. The van der Waals surface area contributed by atoms with E-state index >= 15 is 0 Å². The van der Waals surface area contributed by atoms with Crippen molar-refractivity contribution in [3.8, 4) is 5.75 Å². The lowest BCUT2D eigenvalue weighted by Gasteiger charge is -2.55. The topological polar surface area (TPSA) is 29.5 Å². The second kappa shape index (κ2) is 13.4. The number of methoxy groups -OCH3 is 1. The Morgan fingerprint density at radius 1 is 0.860 bits per heavy atom. The summed E-state index contributed by atoms with van der Waals surface area (Å²) >= 11 is 1.48. The summed E-state index contributed by atoms with van der Waals surface area (Å²) in [6.45, 7) is 2.62. The lowest BCUT2D eigenvalue weighted by molar-refractivity contribution is -0.284. The number of benzene rings is 1. The second-order valence-corrected chi connectivity index (χ2v) is 15.6. The molecular formula is C35H51F5O2S. The van der Waals surface area contributed by atoms with E-state index in [1.807, 2.05) is 19.2 Å². The molecule has 6 atom stereocenters. The van der Waals surface area contributed by atoms with Crippen LogP contribution in [0.15, 0.2) is 18.2 Å². The smallest absolute Gasteiger partial charge is 0.453 e. The molecule has 3 fully saturated rings. The number of fused-ring (bicyclic) bond motifs is 6. The maximum atomic E-state index is 13.0. The number of hydrogen-bond acceptors (Lipinski definition) is 3. The minimum absolute atomic E-state index is 0.0404.